The Bertz CT molecular complexity index is 625. The van der Waals surface area contributed by atoms with Crippen molar-refractivity contribution >= 4 is 17.6 Å². The number of nitrogens with one attached hydrogen (secondary N) is 2. The summed E-state index contributed by atoms with van der Waals surface area (Å²) in [5.41, 5.74) is 1.22. The van der Waals surface area contributed by atoms with Crippen molar-refractivity contribution in [3.63, 3.8) is 0 Å². The molecule has 0 radical (unpaired) electrons. The highest BCUT2D eigenvalue weighted by atomic mass is 16.2. The molecule has 1 heterocycles. The molecule has 1 aromatic rings. The molecule has 1 aromatic carbocycles. The Morgan fingerprint density at radius 3 is 2.60 bits per heavy atom. The highest BCUT2D eigenvalue weighted by Crippen LogP contribution is 2.37. The van der Waals surface area contributed by atoms with Crippen LogP contribution in [0.1, 0.15) is 55.8 Å². The molecular formula is C20H29N3O2. The van der Waals surface area contributed by atoms with Crippen LogP contribution in [0.25, 0.3) is 0 Å². The number of benzene rings is 1. The Balaban J connectivity index is 1.62. The van der Waals surface area contributed by atoms with Crippen LogP contribution in [0.2, 0.25) is 0 Å². The number of hydrogen-bond acceptors (Lipinski definition) is 2. The number of rotatable bonds is 3. The lowest BCUT2D eigenvalue weighted by Gasteiger charge is -2.27. The monoisotopic (exact) mass is 343 g/mol. The van der Waals surface area contributed by atoms with E-state index in [-0.39, 0.29) is 18.0 Å². The van der Waals surface area contributed by atoms with Gasteiger partial charge >= 0.3 is 6.03 Å². The minimum Gasteiger partial charge on any atom is -0.355 e. The van der Waals surface area contributed by atoms with Crippen molar-refractivity contribution in [2.75, 3.05) is 18.9 Å². The summed E-state index contributed by atoms with van der Waals surface area (Å²) in [4.78, 5) is 26.4. The van der Waals surface area contributed by atoms with Gasteiger partial charge in [-0.2, -0.15) is 0 Å². The fourth-order valence-corrected chi connectivity index (χ4v) is 4.38. The molecule has 3 rings (SSSR count). The zero-order valence-electron chi connectivity index (χ0n) is 15.3. The molecule has 25 heavy (non-hydrogen) atoms. The number of anilines is 1. The molecule has 1 aliphatic heterocycles. The molecule has 0 aromatic heterocycles. The van der Waals surface area contributed by atoms with Gasteiger partial charge in [0.2, 0.25) is 0 Å². The van der Waals surface area contributed by atoms with E-state index < -0.39 is 0 Å². The first-order valence-electron chi connectivity index (χ1n) is 9.48. The minimum atomic E-state index is -0.150. The first kappa shape index (κ1) is 17.8. The average molecular weight is 343 g/mol. The molecule has 1 saturated heterocycles. The second kappa shape index (κ2) is 7.89. The van der Waals surface area contributed by atoms with Crippen LogP contribution in [0.3, 0.4) is 0 Å². The van der Waals surface area contributed by atoms with E-state index in [9.17, 15) is 9.59 Å². The third kappa shape index (κ3) is 4.14. The molecular weight excluding hydrogens is 314 g/mol. The number of carbonyl (C=O) groups is 2. The number of amides is 3. The van der Waals surface area contributed by atoms with Crippen molar-refractivity contribution in [3.05, 3.63) is 29.8 Å². The number of likely N-dealkylation sites (tertiary alicyclic amines) is 1. The summed E-state index contributed by atoms with van der Waals surface area (Å²) in [6.07, 6.45) is 7.80. The maximum Gasteiger partial charge on any atom is 0.322 e. The zero-order valence-corrected chi connectivity index (χ0v) is 15.3. The van der Waals surface area contributed by atoms with Crippen LogP contribution in [0.4, 0.5) is 10.5 Å². The fourth-order valence-electron chi connectivity index (χ4n) is 4.38. The Morgan fingerprint density at radius 2 is 1.88 bits per heavy atom. The third-order valence-corrected chi connectivity index (χ3v) is 5.79. The van der Waals surface area contributed by atoms with Crippen LogP contribution in [0.5, 0.6) is 0 Å². The van der Waals surface area contributed by atoms with E-state index in [1.54, 1.807) is 25.2 Å². The fraction of sp³-hybridized carbons (Fsp3) is 0.600. The summed E-state index contributed by atoms with van der Waals surface area (Å²) in [5, 5.41) is 5.57. The van der Waals surface area contributed by atoms with Gasteiger partial charge < -0.3 is 15.5 Å². The second-order valence-corrected chi connectivity index (χ2v) is 7.49. The van der Waals surface area contributed by atoms with E-state index in [2.05, 4.69) is 17.6 Å². The summed E-state index contributed by atoms with van der Waals surface area (Å²) >= 11 is 0. The van der Waals surface area contributed by atoms with E-state index in [1.165, 1.54) is 32.1 Å². The van der Waals surface area contributed by atoms with Gasteiger partial charge in [-0.25, -0.2) is 4.79 Å². The zero-order chi connectivity index (χ0) is 17.8. The Kier molecular flexibility index (Phi) is 5.61. The van der Waals surface area contributed by atoms with E-state index >= 15 is 0 Å². The van der Waals surface area contributed by atoms with Crippen molar-refractivity contribution in [3.8, 4) is 0 Å². The van der Waals surface area contributed by atoms with Crippen molar-refractivity contribution in [2.24, 2.45) is 11.8 Å². The number of carbonyl (C=O) groups excluding carboxylic acids is 2. The lowest BCUT2D eigenvalue weighted by molar-refractivity contribution is 0.0963. The molecule has 2 aliphatic rings. The van der Waals surface area contributed by atoms with Gasteiger partial charge in [0.15, 0.2) is 0 Å². The Hall–Kier alpha value is -2.04. The van der Waals surface area contributed by atoms with E-state index in [0.29, 0.717) is 17.2 Å². The summed E-state index contributed by atoms with van der Waals surface area (Å²) in [6.45, 7) is 3.00. The number of hydrogen-bond donors (Lipinski definition) is 2. The normalized spacial score (nSPS) is 24.2. The van der Waals surface area contributed by atoms with Crippen molar-refractivity contribution in [1.82, 2.24) is 10.2 Å². The predicted octanol–water partition coefficient (Wildman–Crippen LogP) is 3.87. The Labute approximate surface area is 150 Å². The van der Waals surface area contributed by atoms with E-state index in [1.807, 2.05) is 11.0 Å². The van der Waals surface area contributed by atoms with Gasteiger partial charge in [-0.3, -0.25) is 4.79 Å². The lowest BCUT2D eigenvalue weighted by atomic mass is 9.79. The van der Waals surface area contributed by atoms with E-state index in [4.69, 9.17) is 0 Å². The van der Waals surface area contributed by atoms with Gasteiger partial charge in [0.05, 0.1) is 0 Å². The van der Waals surface area contributed by atoms with Crippen LogP contribution < -0.4 is 10.6 Å². The molecule has 1 aliphatic carbocycles. The molecule has 2 atom stereocenters. The third-order valence-electron chi connectivity index (χ3n) is 5.79. The molecule has 3 amide bonds. The van der Waals surface area contributed by atoms with Crippen LogP contribution in [-0.2, 0) is 0 Å². The molecule has 2 unspecified atom stereocenters. The highest BCUT2D eigenvalue weighted by molar-refractivity contribution is 5.96. The minimum absolute atomic E-state index is 0.0557. The van der Waals surface area contributed by atoms with Gasteiger partial charge in [-0.1, -0.05) is 38.2 Å². The van der Waals surface area contributed by atoms with Crippen LogP contribution in [0, 0.1) is 11.8 Å². The van der Waals surface area contributed by atoms with Crippen molar-refractivity contribution < 1.29 is 9.59 Å². The number of nitrogens with zero attached hydrogens (tertiary/aromatic N) is 1. The first-order chi connectivity index (χ1) is 12.1. The quantitative estimate of drug-likeness (QED) is 0.875. The summed E-state index contributed by atoms with van der Waals surface area (Å²) in [7, 11) is 1.60. The van der Waals surface area contributed by atoms with Gasteiger partial charge in [-0.15, -0.1) is 0 Å². The maximum absolute atomic E-state index is 12.7. The molecule has 1 saturated carbocycles. The lowest BCUT2D eigenvalue weighted by Crippen LogP contribution is -2.38. The van der Waals surface area contributed by atoms with Crippen molar-refractivity contribution in [1.29, 1.82) is 0 Å². The van der Waals surface area contributed by atoms with Crippen LogP contribution >= 0.6 is 0 Å². The molecule has 5 heteroatoms. The summed E-state index contributed by atoms with van der Waals surface area (Å²) in [5.74, 6) is 1.27. The van der Waals surface area contributed by atoms with Crippen LogP contribution in [-0.4, -0.2) is 36.5 Å². The highest BCUT2D eigenvalue weighted by Gasteiger charge is 2.36. The average Bonchev–Trinajstić information content (AvgIpc) is 3.04. The molecule has 0 spiro atoms. The SMILES string of the molecule is CNC(=O)c1cccc(NC(=O)N2CC(C3CCCCC3)CC2C)c1. The molecule has 5 nitrogen and oxygen atoms in total. The maximum atomic E-state index is 12.7. The smallest absolute Gasteiger partial charge is 0.322 e. The van der Waals surface area contributed by atoms with Gasteiger partial charge in [-0.05, 0) is 43.4 Å². The summed E-state index contributed by atoms with van der Waals surface area (Å²) < 4.78 is 0. The van der Waals surface area contributed by atoms with Gasteiger partial charge in [0.1, 0.15) is 0 Å². The van der Waals surface area contributed by atoms with E-state index in [0.717, 1.165) is 18.9 Å². The molecule has 136 valence electrons. The molecule has 2 fully saturated rings. The molecule has 0 bridgehead atoms. The molecule has 2 N–H and O–H groups in total. The number of urea groups is 1. The standard InChI is InChI=1S/C20H29N3O2/c1-14-11-17(15-7-4-3-5-8-15)13-23(14)20(25)22-18-10-6-9-16(12-18)19(24)21-2/h6,9-10,12,14-15,17H,3-5,7-8,11,13H2,1-2H3,(H,21,24)(H,22,25). The van der Waals surface area contributed by atoms with Crippen molar-refractivity contribution in [2.45, 2.75) is 51.5 Å². The predicted molar refractivity (Wildman–Crippen MR) is 99.7 cm³/mol. The topological polar surface area (TPSA) is 61.4 Å². The summed E-state index contributed by atoms with van der Waals surface area (Å²) in [6, 6.07) is 7.29. The van der Waals surface area contributed by atoms with Crippen LogP contribution in [0.15, 0.2) is 24.3 Å². The second-order valence-electron chi connectivity index (χ2n) is 7.49. The largest absolute Gasteiger partial charge is 0.355 e. The van der Waals surface area contributed by atoms with Gasteiger partial charge in [0.25, 0.3) is 5.91 Å². The first-order valence-corrected chi connectivity index (χ1v) is 9.48. The van der Waals surface area contributed by atoms with Gasteiger partial charge in [0, 0.05) is 30.9 Å². The Morgan fingerprint density at radius 1 is 1.12 bits per heavy atom.